The zero-order valence-corrected chi connectivity index (χ0v) is 24.4. The molecular weight excluding hydrogens is 569 g/mol. The molecule has 3 aliphatic rings. The van der Waals surface area contributed by atoms with Gasteiger partial charge in [-0.1, -0.05) is 48.4 Å². The highest BCUT2D eigenvalue weighted by molar-refractivity contribution is 6.34. The van der Waals surface area contributed by atoms with E-state index in [9.17, 15) is 27.9 Å². The molecule has 2 heterocycles. The van der Waals surface area contributed by atoms with E-state index in [2.05, 4.69) is 0 Å². The second kappa shape index (κ2) is 12.8. The molecule has 0 aromatic heterocycles. The Morgan fingerprint density at radius 2 is 1.60 bits per heavy atom. The quantitative estimate of drug-likeness (QED) is 0.333. The molecule has 1 aliphatic carbocycles. The number of alkyl halides is 3. The molecule has 2 aromatic rings. The zero-order valence-electron chi connectivity index (χ0n) is 23.6. The highest BCUT2D eigenvalue weighted by Crippen LogP contribution is 2.41. The number of hydrogen-bond donors (Lipinski definition) is 1. The number of benzene rings is 2. The van der Waals surface area contributed by atoms with E-state index >= 15 is 0 Å². The van der Waals surface area contributed by atoms with Crippen molar-refractivity contribution in [2.45, 2.75) is 63.1 Å². The first kappa shape index (κ1) is 30.7. The smallest absolute Gasteiger partial charge is 0.430 e. The Morgan fingerprint density at radius 1 is 0.929 bits per heavy atom. The van der Waals surface area contributed by atoms with E-state index < -0.39 is 23.2 Å². The van der Waals surface area contributed by atoms with Crippen LogP contribution in [0.4, 0.5) is 13.2 Å². The van der Waals surface area contributed by atoms with Gasteiger partial charge in [-0.05, 0) is 80.9 Å². The number of carbonyl (C=O) groups excluding carboxylic acids is 2. The minimum absolute atomic E-state index is 0.0148. The van der Waals surface area contributed by atoms with Crippen LogP contribution in [0.3, 0.4) is 0 Å². The lowest BCUT2D eigenvalue weighted by molar-refractivity contribution is -0.262. The third kappa shape index (κ3) is 6.57. The Balaban J connectivity index is 1.04. The van der Waals surface area contributed by atoms with Crippen molar-refractivity contribution in [2.24, 2.45) is 17.8 Å². The highest BCUT2D eigenvalue weighted by Gasteiger charge is 2.62. The normalized spacial score (nSPS) is 22.6. The molecule has 10 heteroatoms. The molecule has 0 unspecified atom stereocenters. The lowest BCUT2D eigenvalue weighted by Crippen LogP contribution is -2.57. The molecule has 2 aliphatic heterocycles. The molecule has 3 fully saturated rings. The first-order valence-electron chi connectivity index (χ1n) is 14.9. The first-order chi connectivity index (χ1) is 20.1. The summed E-state index contributed by atoms with van der Waals surface area (Å²) in [4.78, 5) is 29.0. The van der Waals surface area contributed by atoms with Crippen LogP contribution in [-0.2, 0) is 10.4 Å². The topological polar surface area (TPSA) is 70.1 Å². The molecule has 0 radical (unpaired) electrons. The van der Waals surface area contributed by atoms with Gasteiger partial charge < -0.3 is 19.6 Å². The van der Waals surface area contributed by atoms with E-state index in [-0.39, 0.29) is 24.9 Å². The predicted octanol–water partition coefficient (Wildman–Crippen LogP) is 6.45. The SMILES string of the molecule is O=C(c1ccc(OCCCCC2CCN(C(=O)[C@](O)(c3ccccc3)C(F)(F)F)CC2)cc1Cl)N1C[C@@H]2CC[C@@H](C2)C1. The molecule has 228 valence electrons. The second-order valence-electron chi connectivity index (χ2n) is 12.1. The van der Waals surface area contributed by atoms with E-state index in [1.165, 1.54) is 37.5 Å². The minimum atomic E-state index is -5.13. The van der Waals surface area contributed by atoms with Crippen LogP contribution in [0.15, 0.2) is 48.5 Å². The lowest BCUT2D eigenvalue weighted by Gasteiger charge is -2.38. The average molecular weight is 607 g/mol. The summed E-state index contributed by atoms with van der Waals surface area (Å²) in [5, 5.41) is 11.0. The third-order valence-corrected chi connectivity index (χ3v) is 9.47. The number of halogens is 4. The van der Waals surface area contributed by atoms with E-state index in [1.807, 2.05) is 4.90 Å². The molecular formula is C32H38ClF3N2O4. The van der Waals surface area contributed by atoms with Crippen molar-refractivity contribution in [2.75, 3.05) is 32.8 Å². The van der Waals surface area contributed by atoms with Gasteiger partial charge >= 0.3 is 6.18 Å². The van der Waals surface area contributed by atoms with E-state index in [4.69, 9.17) is 16.3 Å². The molecule has 2 saturated heterocycles. The molecule has 2 bridgehead atoms. The monoisotopic (exact) mass is 606 g/mol. The van der Waals surface area contributed by atoms with Gasteiger partial charge in [0.25, 0.3) is 17.4 Å². The van der Waals surface area contributed by atoms with Gasteiger partial charge in [0.15, 0.2) is 0 Å². The van der Waals surface area contributed by atoms with Gasteiger partial charge in [-0.15, -0.1) is 0 Å². The molecule has 42 heavy (non-hydrogen) atoms. The van der Waals surface area contributed by atoms with E-state index in [0.717, 1.165) is 49.4 Å². The number of nitrogens with zero attached hydrogens (tertiary/aromatic N) is 2. The number of amides is 2. The average Bonchev–Trinajstić information content (AvgIpc) is 3.33. The standard InChI is InChI=1S/C32H38ClF3N2O4/c33-28-19-26(11-12-27(28)29(39)38-20-23-9-10-24(18-23)21-38)42-17-5-4-6-22-13-15-37(16-14-22)30(40)31(41,32(34,35)36)25-7-2-1-3-8-25/h1-3,7-8,11-12,19,22-24,41H,4-6,9-10,13-18,20-21H2/t23-,24+,31-/m1/s1. The third-order valence-electron chi connectivity index (χ3n) is 9.15. The molecule has 1 saturated carbocycles. The van der Waals surface area contributed by atoms with Gasteiger partial charge in [-0.3, -0.25) is 9.59 Å². The molecule has 3 atom stereocenters. The summed E-state index contributed by atoms with van der Waals surface area (Å²) >= 11 is 6.46. The van der Waals surface area contributed by atoms with Crippen molar-refractivity contribution in [3.8, 4) is 5.75 Å². The largest absolute Gasteiger partial charge is 0.494 e. The summed E-state index contributed by atoms with van der Waals surface area (Å²) in [7, 11) is 0. The van der Waals surface area contributed by atoms with Gasteiger partial charge in [0.05, 0.1) is 17.2 Å². The number of piperidine rings is 2. The summed E-state index contributed by atoms with van der Waals surface area (Å²) in [6.45, 7) is 2.44. The van der Waals surface area contributed by atoms with Gasteiger partial charge in [0.2, 0.25) is 0 Å². The fraction of sp³-hybridized carbons (Fsp3) is 0.562. The number of aliphatic hydroxyl groups is 1. The van der Waals surface area contributed by atoms with Gasteiger partial charge in [-0.2, -0.15) is 13.2 Å². The van der Waals surface area contributed by atoms with Crippen molar-refractivity contribution in [3.05, 3.63) is 64.7 Å². The molecule has 5 rings (SSSR count). The van der Waals surface area contributed by atoms with Gasteiger partial charge in [-0.25, -0.2) is 0 Å². The van der Waals surface area contributed by atoms with Crippen LogP contribution >= 0.6 is 11.6 Å². The van der Waals surface area contributed by atoms with Crippen molar-refractivity contribution in [3.63, 3.8) is 0 Å². The number of rotatable bonds is 9. The van der Waals surface area contributed by atoms with Crippen LogP contribution in [-0.4, -0.2) is 65.7 Å². The van der Waals surface area contributed by atoms with Gasteiger partial charge in [0.1, 0.15) is 5.75 Å². The summed E-state index contributed by atoms with van der Waals surface area (Å²) < 4.78 is 47.5. The fourth-order valence-corrected chi connectivity index (χ4v) is 7.02. The number of fused-ring (bicyclic) bond motifs is 2. The van der Waals surface area contributed by atoms with Gasteiger partial charge in [0, 0.05) is 31.7 Å². The maximum atomic E-state index is 13.9. The fourth-order valence-electron chi connectivity index (χ4n) is 6.77. The summed E-state index contributed by atoms with van der Waals surface area (Å²) in [5.41, 5.74) is -3.52. The van der Waals surface area contributed by atoms with Crippen LogP contribution in [0, 0.1) is 17.8 Å². The Bertz CT molecular complexity index is 1240. The number of likely N-dealkylation sites (tertiary alicyclic amines) is 2. The van der Waals surface area contributed by atoms with Crippen LogP contribution in [0.1, 0.15) is 67.3 Å². The van der Waals surface area contributed by atoms with E-state index in [0.29, 0.717) is 47.6 Å². The van der Waals surface area contributed by atoms with Crippen LogP contribution in [0.5, 0.6) is 5.75 Å². The molecule has 1 N–H and O–H groups in total. The first-order valence-corrected chi connectivity index (χ1v) is 15.3. The Hall–Kier alpha value is -2.78. The Labute approximate surface area is 249 Å². The van der Waals surface area contributed by atoms with Crippen molar-refractivity contribution in [1.82, 2.24) is 9.80 Å². The Kier molecular flexibility index (Phi) is 9.38. The van der Waals surface area contributed by atoms with Crippen LogP contribution in [0.25, 0.3) is 0 Å². The Morgan fingerprint density at radius 3 is 2.21 bits per heavy atom. The van der Waals surface area contributed by atoms with Crippen molar-refractivity contribution >= 4 is 23.4 Å². The minimum Gasteiger partial charge on any atom is -0.494 e. The number of unbranched alkanes of at least 4 members (excludes halogenated alkanes) is 1. The van der Waals surface area contributed by atoms with Crippen LogP contribution < -0.4 is 4.74 Å². The summed E-state index contributed by atoms with van der Waals surface area (Å²) in [5.74, 6) is 0.782. The van der Waals surface area contributed by atoms with Crippen molar-refractivity contribution < 1.29 is 32.6 Å². The van der Waals surface area contributed by atoms with E-state index in [1.54, 1.807) is 18.2 Å². The molecule has 0 spiro atoms. The molecule has 6 nitrogen and oxygen atoms in total. The predicted molar refractivity (Wildman–Crippen MR) is 153 cm³/mol. The maximum absolute atomic E-state index is 13.9. The maximum Gasteiger partial charge on any atom is 0.430 e. The molecule has 2 amide bonds. The van der Waals surface area contributed by atoms with Crippen molar-refractivity contribution in [1.29, 1.82) is 0 Å². The summed E-state index contributed by atoms with van der Waals surface area (Å²) in [6, 6.07) is 11.7. The number of carbonyl (C=O) groups is 2. The number of ether oxygens (including phenoxy) is 1. The molecule has 2 aromatic carbocycles. The lowest BCUT2D eigenvalue weighted by atomic mass is 9.88. The highest BCUT2D eigenvalue weighted by atomic mass is 35.5. The summed E-state index contributed by atoms with van der Waals surface area (Å²) in [6.07, 6.45) is 2.20. The number of hydrogen-bond acceptors (Lipinski definition) is 4. The zero-order chi connectivity index (χ0) is 29.9. The van der Waals surface area contributed by atoms with Crippen LogP contribution in [0.2, 0.25) is 5.02 Å². The second-order valence-corrected chi connectivity index (χ2v) is 12.5.